The fourth-order valence-electron chi connectivity index (χ4n) is 0.993. The van der Waals surface area contributed by atoms with Crippen molar-refractivity contribution in [3.8, 4) is 11.5 Å². The number of rotatable bonds is 3. The molecule has 0 aliphatic heterocycles. The van der Waals surface area contributed by atoms with Crippen LogP contribution in [0.5, 0.6) is 11.5 Å². The summed E-state index contributed by atoms with van der Waals surface area (Å²) < 4.78 is 4.83. The number of phenols is 1. The van der Waals surface area contributed by atoms with E-state index in [1.165, 1.54) is 13.2 Å². The normalized spacial score (nSPS) is 12.2. The van der Waals surface area contributed by atoms with E-state index in [2.05, 4.69) is 0 Å². The van der Waals surface area contributed by atoms with Crippen molar-refractivity contribution < 1.29 is 14.6 Å². The van der Waals surface area contributed by atoms with E-state index in [1.54, 1.807) is 12.1 Å². The molecule has 0 bridgehead atoms. The van der Waals surface area contributed by atoms with Crippen molar-refractivity contribution in [3.63, 3.8) is 0 Å². The summed E-state index contributed by atoms with van der Waals surface area (Å²) >= 11 is 0. The van der Waals surface area contributed by atoms with Gasteiger partial charge in [0.2, 0.25) is 0 Å². The molecule has 0 fully saturated rings. The molecule has 0 aromatic heterocycles. The van der Waals surface area contributed by atoms with Crippen LogP contribution < -0.4 is 10.5 Å². The van der Waals surface area contributed by atoms with Crippen LogP contribution in [0.4, 0.5) is 0 Å². The first-order valence-corrected chi connectivity index (χ1v) is 3.77. The molecule has 0 heterocycles. The van der Waals surface area contributed by atoms with E-state index < -0.39 is 6.04 Å². The molecule has 0 spiro atoms. The number of ether oxygens (including phenoxy) is 1. The highest BCUT2D eigenvalue weighted by Gasteiger charge is 2.07. The zero-order valence-corrected chi connectivity index (χ0v) is 7.23. The third kappa shape index (κ3) is 1.97. The second kappa shape index (κ2) is 3.91. The van der Waals surface area contributed by atoms with Crippen molar-refractivity contribution in [2.75, 3.05) is 7.11 Å². The van der Waals surface area contributed by atoms with Crippen LogP contribution in [0.3, 0.4) is 0 Å². The Hall–Kier alpha value is -1.55. The second-order valence-corrected chi connectivity index (χ2v) is 2.59. The van der Waals surface area contributed by atoms with Crippen LogP contribution in [0, 0.1) is 0 Å². The number of nitrogens with two attached hydrogens (primary N) is 1. The Morgan fingerprint density at radius 2 is 2.31 bits per heavy atom. The summed E-state index contributed by atoms with van der Waals surface area (Å²) in [4.78, 5) is 10.3. The Kier molecular flexibility index (Phi) is 2.87. The van der Waals surface area contributed by atoms with Gasteiger partial charge in [0.1, 0.15) is 6.29 Å². The van der Waals surface area contributed by atoms with Crippen LogP contribution in [0.2, 0.25) is 0 Å². The molecule has 1 unspecified atom stereocenters. The third-order valence-electron chi connectivity index (χ3n) is 1.73. The molecule has 1 aromatic rings. The van der Waals surface area contributed by atoms with Crippen molar-refractivity contribution in [1.82, 2.24) is 0 Å². The molecule has 0 saturated heterocycles. The molecule has 0 amide bonds. The topological polar surface area (TPSA) is 72.5 Å². The lowest BCUT2D eigenvalue weighted by Gasteiger charge is -2.07. The van der Waals surface area contributed by atoms with Gasteiger partial charge in [0.15, 0.2) is 11.5 Å². The SMILES string of the molecule is COc1ccc(C(N)C=O)cc1O. The molecule has 3 N–H and O–H groups in total. The predicted octanol–water partition coefficient (Wildman–Crippen LogP) is 0.599. The fraction of sp³-hybridized carbons (Fsp3) is 0.222. The molecular formula is C9H11NO3. The maximum atomic E-state index is 10.3. The minimum Gasteiger partial charge on any atom is -0.504 e. The number of aromatic hydroxyl groups is 1. The first-order valence-electron chi connectivity index (χ1n) is 3.77. The van der Waals surface area contributed by atoms with Crippen LogP contribution >= 0.6 is 0 Å². The average Bonchev–Trinajstić information content (AvgIpc) is 2.16. The summed E-state index contributed by atoms with van der Waals surface area (Å²) in [6.07, 6.45) is 0.612. The average molecular weight is 181 g/mol. The third-order valence-corrected chi connectivity index (χ3v) is 1.73. The zero-order valence-electron chi connectivity index (χ0n) is 7.23. The molecule has 70 valence electrons. The van der Waals surface area contributed by atoms with Gasteiger partial charge in [0.05, 0.1) is 13.2 Å². The van der Waals surface area contributed by atoms with Crippen LogP contribution in [-0.4, -0.2) is 18.5 Å². The zero-order chi connectivity index (χ0) is 9.84. The number of aldehydes is 1. The van der Waals surface area contributed by atoms with E-state index in [0.717, 1.165) is 0 Å². The van der Waals surface area contributed by atoms with Gasteiger partial charge in [0, 0.05) is 0 Å². The standard InChI is InChI=1S/C9H11NO3/c1-13-9-3-2-6(4-8(9)12)7(10)5-11/h2-5,7,12H,10H2,1H3. The lowest BCUT2D eigenvalue weighted by atomic mass is 10.1. The van der Waals surface area contributed by atoms with E-state index in [9.17, 15) is 9.90 Å². The smallest absolute Gasteiger partial charge is 0.160 e. The molecule has 1 aromatic carbocycles. The van der Waals surface area contributed by atoms with E-state index in [4.69, 9.17) is 10.5 Å². The van der Waals surface area contributed by atoms with Crippen molar-refractivity contribution in [1.29, 1.82) is 0 Å². The van der Waals surface area contributed by atoms with E-state index in [-0.39, 0.29) is 5.75 Å². The Bertz CT molecular complexity index is 312. The van der Waals surface area contributed by atoms with Gasteiger partial charge in [-0.1, -0.05) is 6.07 Å². The lowest BCUT2D eigenvalue weighted by molar-refractivity contribution is -0.109. The predicted molar refractivity (Wildman–Crippen MR) is 47.7 cm³/mol. The summed E-state index contributed by atoms with van der Waals surface area (Å²) in [5, 5.41) is 9.34. The molecular weight excluding hydrogens is 170 g/mol. The number of phenolic OH excluding ortho intramolecular Hbond substituents is 1. The molecule has 4 heteroatoms. The fourth-order valence-corrected chi connectivity index (χ4v) is 0.993. The monoisotopic (exact) mass is 181 g/mol. The van der Waals surface area contributed by atoms with E-state index in [0.29, 0.717) is 17.6 Å². The number of hydrogen-bond donors (Lipinski definition) is 2. The molecule has 0 saturated carbocycles. The summed E-state index contributed by atoms with van der Waals surface area (Å²) in [5.74, 6) is 0.346. The summed E-state index contributed by atoms with van der Waals surface area (Å²) in [5.41, 5.74) is 6.00. The van der Waals surface area contributed by atoms with Gasteiger partial charge in [-0.3, -0.25) is 0 Å². The van der Waals surface area contributed by atoms with Crippen molar-refractivity contribution in [2.45, 2.75) is 6.04 Å². The van der Waals surface area contributed by atoms with Gasteiger partial charge < -0.3 is 20.4 Å². The Labute approximate surface area is 75.9 Å². The summed E-state index contributed by atoms with van der Waals surface area (Å²) in [6.45, 7) is 0. The Morgan fingerprint density at radius 1 is 1.62 bits per heavy atom. The van der Waals surface area contributed by atoms with Gasteiger partial charge in [-0.15, -0.1) is 0 Å². The molecule has 13 heavy (non-hydrogen) atoms. The van der Waals surface area contributed by atoms with Crippen molar-refractivity contribution in [3.05, 3.63) is 23.8 Å². The van der Waals surface area contributed by atoms with E-state index >= 15 is 0 Å². The largest absolute Gasteiger partial charge is 0.504 e. The number of carbonyl (C=O) groups excluding carboxylic acids is 1. The van der Waals surface area contributed by atoms with Crippen LogP contribution in [0.1, 0.15) is 11.6 Å². The van der Waals surface area contributed by atoms with Crippen LogP contribution in [0.15, 0.2) is 18.2 Å². The highest BCUT2D eigenvalue weighted by Crippen LogP contribution is 2.27. The quantitative estimate of drug-likeness (QED) is 0.670. The van der Waals surface area contributed by atoms with Crippen molar-refractivity contribution >= 4 is 6.29 Å². The molecule has 0 aliphatic rings. The Morgan fingerprint density at radius 3 is 2.77 bits per heavy atom. The highest BCUT2D eigenvalue weighted by molar-refractivity contribution is 5.62. The van der Waals surface area contributed by atoms with Gasteiger partial charge in [-0.05, 0) is 17.7 Å². The molecule has 1 atom stereocenters. The minimum absolute atomic E-state index is 0.0164. The number of benzene rings is 1. The number of hydrogen-bond acceptors (Lipinski definition) is 4. The van der Waals surface area contributed by atoms with Gasteiger partial charge in [0.25, 0.3) is 0 Å². The second-order valence-electron chi connectivity index (χ2n) is 2.59. The minimum atomic E-state index is -0.697. The molecule has 4 nitrogen and oxygen atoms in total. The van der Waals surface area contributed by atoms with Gasteiger partial charge in [-0.25, -0.2) is 0 Å². The maximum Gasteiger partial charge on any atom is 0.160 e. The van der Waals surface area contributed by atoms with E-state index in [1.807, 2.05) is 0 Å². The lowest BCUT2D eigenvalue weighted by Crippen LogP contribution is -2.10. The highest BCUT2D eigenvalue weighted by atomic mass is 16.5. The molecule has 0 aliphatic carbocycles. The first-order chi connectivity index (χ1) is 6.19. The van der Waals surface area contributed by atoms with Crippen LogP contribution in [-0.2, 0) is 4.79 Å². The number of methoxy groups -OCH3 is 1. The van der Waals surface area contributed by atoms with Gasteiger partial charge in [-0.2, -0.15) is 0 Å². The Balaban J connectivity index is 3.02. The first kappa shape index (κ1) is 9.54. The van der Waals surface area contributed by atoms with Crippen molar-refractivity contribution in [2.24, 2.45) is 5.73 Å². The summed E-state index contributed by atoms with van der Waals surface area (Å²) in [6, 6.07) is 3.92. The van der Waals surface area contributed by atoms with Crippen LogP contribution in [0.25, 0.3) is 0 Å². The molecule has 0 radical (unpaired) electrons. The molecule has 1 rings (SSSR count). The number of carbonyl (C=O) groups is 1. The maximum absolute atomic E-state index is 10.3. The summed E-state index contributed by atoms with van der Waals surface area (Å²) in [7, 11) is 1.45. The van der Waals surface area contributed by atoms with Gasteiger partial charge >= 0.3 is 0 Å².